The van der Waals surface area contributed by atoms with E-state index in [4.69, 9.17) is 9.47 Å². The molecule has 1 fully saturated rings. The highest BCUT2D eigenvalue weighted by Gasteiger charge is 2.18. The van der Waals surface area contributed by atoms with Crippen LogP contribution in [0.2, 0.25) is 0 Å². The van der Waals surface area contributed by atoms with Crippen LogP contribution < -0.4 is 9.47 Å². The van der Waals surface area contributed by atoms with Gasteiger partial charge in [-0.2, -0.15) is 0 Å². The van der Waals surface area contributed by atoms with Crippen molar-refractivity contribution in [3.05, 3.63) is 53.9 Å². The number of aromatic nitrogens is 1. The van der Waals surface area contributed by atoms with E-state index in [1.165, 1.54) is 0 Å². The minimum atomic E-state index is -0.210. The van der Waals surface area contributed by atoms with Gasteiger partial charge in [0.1, 0.15) is 6.61 Å². The molecule has 1 N–H and O–H groups in total. The summed E-state index contributed by atoms with van der Waals surface area (Å²) in [4.78, 5) is 6.38. The molecule has 0 bridgehead atoms. The number of β-amino-alcohol motifs (C(OH)–C–C–N with tert-alkyl or cyclic N) is 1. The standard InChI is InChI=1S/C19H24N2O3/c1-23-18-7-6-15(12-21-9-3-5-17(22)13-21)10-19(18)24-14-16-4-2-8-20-11-16/h2,4,6-8,10-11,17,22H,3,5,9,12-14H2,1H3. The van der Waals surface area contributed by atoms with Crippen molar-refractivity contribution < 1.29 is 14.6 Å². The van der Waals surface area contributed by atoms with Crippen LogP contribution in [0.15, 0.2) is 42.7 Å². The van der Waals surface area contributed by atoms with Crippen molar-refractivity contribution in [1.29, 1.82) is 0 Å². The lowest BCUT2D eigenvalue weighted by molar-refractivity contribution is 0.0668. The normalized spacial score (nSPS) is 18.3. The van der Waals surface area contributed by atoms with E-state index in [1.807, 2.05) is 24.3 Å². The molecular weight excluding hydrogens is 304 g/mol. The maximum absolute atomic E-state index is 9.81. The molecule has 0 aliphatic carbocycles. The quantitative estimate of drug-likeness (QED) is 0.883. The molecule has 1 aliphatic heterocycles. The summed E-state index contributed by atoms with van der Waals surface area (Å²) in [6.45, 7) is 3.02. The molecule has 1 atom stereocenters. The summed E-state index contributed by atoms with van der Waals surface area (Å²) in [5, 5.41) is 9.81. The Hall–Kier alpha value is -2.11. The average Bonchev–Trinajstić information content (AvgIpc) is 2.61. The van der Waals surface area contributed by atoms with E-state index in [1.54, 1.807) is 19.5 Å². The van der Waals surface area contributed by atoms with Crippen molar-refractivity contribution in [1.82, 2.24) is 9.88 Å². The van der Waals surface area contributed by atoms with Crippen molar-refractivity contribution in [2.75, 3.05) is 20.2 Å². The van der Waals surface area contributed by atoms with E-state index in [0.717, 1.165) is 55.1 Å². The lowest BCUT2D eigenvalue weighted by atomic mass is 10.1. The zero-order valence-electron chi connectivity index (χ0n) is 14.0. The minimum Gasteiger partial charge on any atom is -0.493 e. The molecule has 1 aromatic carbocycles. The fourth-order valence-corrected chi connectivity index (χ4v) is 3.01. The number of aliphatic hydroxyl groups is 1. The number of likely N-dealkylation sites (tertiary alicyclic amines) is 1. The van der Waals surface area contributed by atoms with Crippen molar-refractivity contribution in [2.24, 2.45) is 0 Å². The first-order chi connectivity index (χ1) is 11.7. The van der Waals surface area contributed by atoms with E-state index >= 15 is 0 Å². The molecule has 1 aliphatic rings. The molecule has 0 radical (unpaired) electrons. The number of pyridine rings is 1. The Labute approximate surface area is 142 Å². The largest absolute Gasteiger partial charge is 0.493 e. The third-order valence-electron chi connectivity index (χ3n) is 4.23. The first-order valence-electron chi connectivity index (χ1n) is 8.33. The molecule has 5 nitrogen and oxygen atoms in total. The summed E-state index contributed by atoms with van der Waals surface area (Å²) < 4.78 is 11.3. The van der Waals surface area contributed by atoms with Crippen LogP contribution in [0.25, 0.3) is 0 Å². The highest BCUT2D eigenvalue weighted by atomic mass is 16.5. The maximum atomic E-state index is 9.81. The van der Waals surface area contributed by atoms with Gasteiger partial charge < -0.3 is 14.6 Å². The molecule has 128 valence electrons. The van der Waals surface area contributed by atoms with Gasteiger partial charge in [-0.1, -0.05) is 12.1 Å². The molecule has 0 saturated carbocycles. The molecular formula is C19H24N2O3. The smallest absolute Gasteiger partial charge is 0.161 e. The van der Waals surface area contributed by atoms with Crippen LogP contribution >= 0.6 is 0 Å². The first kappa shape index (κ1) is 16.7. The van der Waals surface area contributed by atoms with E-state index in [9.17, 15) is 5.11 Å². The Morgan fingerprint density at radius 3 is 2.92 bits per heavy atom. The second kappa shape index (κ2) is 8.13. The monoisotopic (exact) mass is 328 g/mol. The number of hydrogen-bond acceptors (Lipinski definition) is 5. The van der Waals surface area contributed by atoms with Crippen LogP contribution in [0.5, 0.6) is 11.5 Å². The highest BCUT2D eigenvalue weighted by Crippen LogP contribution is 2.29. The Morgan fingerprint density at radius 1 is 1.25 bits per heavy atom. The molecule has 1 saturated heterocycles. The fourth-order valence-electron chi connectivity index (χ4n) is 3.01. The molecule has 2 aromatic rings. The van der Waals surface area contributed by atoms with Crippen LogP contribution in [0.1, 0.15) is 24.0 Å². The molecule has 0 spiro atoms. The van der Waals surface area contributed by atoms with Gasteiger partial charge in [-0.15, -0.1) is 0 Å². The van der Waals surface area contributed by atoms with E-state index in [2.05, 4.69) is 16.0 Å². The number of ether oxygens (including phenoxy) is 2. The van der Waals surface area contributed by atoms with Crippen molar-refractivity contribution in [2.45, 2.75) is 32.1 Å². The second-order valence-corrected chi connectivity index (χ2v) is 6.17. The lowest BCUT2D eigenvalue weighted by Gasteiger charge is -2.30. The summed E-state index contributed by atoms with van der Waals surface area (Å²) in [6, 6.07) is 9.90. The molecule has 3 rings (SSSR count). The summed E-state index contributed by atoms with van der Waals surface area (Å²) in [5.74, 6) is 1.46. The number of nitrogens with zero attached hydrogens (tertiary/aromatic N) is 2. The molecule has 5 heteroatoms. The summed E-state index contributed by atoms with van der Waals surface area (Å²) in [5.41, 5.74) is 2.18. The highest BCUT2D eigenvalue weighted by molar-refractivity contribution is 5.43. The van der Waals surface area contributed by atoms with Gasteiger partial charge in [-0.05, 0) is 43.1 Å². The zero-order chi connectivity index (χ0) is 16.8. The zero-order valence-corrected chi connectivity index (χ0v) is 14.0. The lowest BCUT2D eigenvalue weighted by Crippen LogP contribution is -2.37. The minimum absolute atomic E-state index is 0.210. The summed E-state index contributed by atoms with van der Waals surface area (Å²) in [6.07, 6.45) is 5.28. The number of methoxy groups -OCH3 is 1. The predicted molar refractivity (Wildman–Crippen MR) is 92.1 cm³/mol. The van der Waals surface area contributed by atoms with Gasteiger partial charge in [0.05, 0.1) is 13.2 Å². The van der Waals surface area contributed by atoms with Gasteiger partial charge in [0.2, 0.25) is 0 Å². The number of piperidine rings is 1. The van der Waals surface area contributed by atoms with Gasteiger partial charge in [0, 0.05) is 31.0 Å². The van der Waals surface area contributed by atoms with Crippen LogP contribution in [0.3, 0.4) is 0 Å². The van der Waals surface area contributed by atoms with Gasteiger partial charge in [-0.3, -0.25) is 9.88 Å². The molecule has 1 aromatic heterocycles. The van der Waals surface area contributed by atoms with Crippen LogP contribution in [-0.2, 0) is 13.2 Å². The number of aliphatic hydroxyl groups excluding tert-OH is 1. The first-order valence-corrected chi connectivity index (χ1v) is 8.33. The topological polar surface area (TPSA) is 54.8 Å². The molecule has 24 heavy (non-hydrogen) atoms. The summed E-state index contributed by atoms with van der Waals surface area (Å²) in [7, 11) is 1.65. The Balaban J connectivity index is 1.68. The van der Waals surface area contributed by atoms with Crippen LogP contribution in [0, 0.1) is 0 Å². The Morgan fingerprint density at radius 2 is 2.17 bits per heavy atom. The van der Waals surface area contributed by atoms with Crippen molar-refractivity contribution >= 4 is 0 Å². The third kappa shape index (κ3) is 4.46. The molecule has 0 amide bonds. The number of benzene rings is 1. The van der Waals surface area contributed by atoms with E-state index in [0.29, 0.717) is 6.61 Å². The average molecular weight is 328 g/mol. The Kier molecular flexibility index (Phi) is 5.67. The SMILES string of the molecule is COc1ccc(CN2CCCC(O)C2)cc1OCc1cccnc1. The third-order valence-corrected chi connectivity index (χ3v) is 4.23. The second-order valence-electron chi connectivity index (χ2n) is 6.17. The van der Waals surface area contributed by atoms with Gasteiger partial charge in [0.15, 0.2) is 11.5 Å². The van der Waals surface area contributed by atoms with Crippen LogP contribution in [0.4, 0.5) is 0 Å². The maximum Gasteiger partial charge on any atom is 0.161 e. The van der Waals surface area contributed by atoms with Crippen molar-refractivity contribution in [3.8, 4) is 11.5 Å². The number of hydrogen-bond donors (Lipinski definition) is 1. The summed E-state index contributed by atoms with van der Waals surface area (Å²) >= 11 is 0. The van der Waals surface area contributed by atoms with Crippen LogP contribution in [-0.4, -0.2) is 41.3 Å². The van der Waals surface area contributed by atoms with E-state index in [-0.39, 0.29) is 6.10 Å². The van der Waals surface area contributed by atoms with Gasteiger partial charge >= 0.3 is 0 Å². The van der Waals surface area contributed by atoms with Gasteiger partial charge in [0.25, 0.3) is 0 Å². The fraction of sp³-hybridized carbons (Fsp3) is 0.421. The Bertz CT molecular complexity index is 648. The molecule has 2 heterocycles. The number of rotatable bonds is 6. The van der Waals surface area contributed by atoms with E-state index < -0.39 is 0 Å². The van der Waals surface area contributed by atoms with Crippen molar-refractivity contribution in [3.63, 3.8) is 0 Å². The predicted octanol–water partition coefficient (Wildman–Crippen LogP) is 2.63. The molecule has 1 unspecified atom stereocenters. The van der Waals surface area contributed by atoms with Gasteiger partial charge in [-0.25, -0.2) is 0 Å².